The summed E-state index contributed by atoms with van der Waals surface area (Å²) in [7, 11) is -4.16. The number of rotatable bonds is 13. The monoisotopic (exact) mass is 639 g/mol. The molecule has 1 aliphatic carbocycles. The number of carbonyl (C=O) groups is 2. The van der Waals surface area contributed by atoms with E-state index in [1.165, 1.54) is 17.0 Å². The van der Waals surface area contributed by atoms with Crippen molar-refractivity contribution in [2.45, 2.75) is 69.5 Å². The fourth-order valence-corrected chi connectivity index (χ4v) is 7.28. The Morgan fingerprint density at radius 1 is 0.848 bits per heavy atom. The van der Waals surface area contributed by atoms with Crippen molar-refractivity contribution in [2.24, 2.45) is 0 Å². The first kappa shape index (κ1) is 32.8. The van der Waals surface area contributed by atoms with Gasteiger partial charge < -0.3 is 15.0 Å². The number of para-hydroxylation sites is 1. The molecule has 1 aliphatic rings. The molecule has 0 heterocycles. The van der Waals surface area contributed by atoms with Crippen LogP contribution in [-0.4, -0.2) is 43.8 Å². The van der Waals surface area contributed by atoms with Crippen molar-refractivity contribution < 1.29 is 22.7 Å². The van der Waals surface area contributed by atoms with E-state index in [0.717, 1.165) is 41.1 Å². The fraction of sp³-hybridized carbons (Fsp3) is 0.297. The molecule has 1 atom stereocenters. The lowest BCUT2D eigenvalue weighted by Gasteiger charge is -2.34. The Hall–Kier alpha value is -4.63. The van der Waals surface area contributed by atoms with E-state index in [0.29, 0.717) is 23.6 Å². The minimum atomic E-state index is -4.16. The molecule has 46 heavy (non-hydrogen) atoms. The Bertz CT molecular complexity index is 1710. The number of nitrogens with one attached hydrogen (secondary N) is 1. The number of carbonyl (C=O) groups excluding carboxylic acids is 2. The summed E-state index contributed by atoms with van der Waals surface area (Å²) in [6.07, 6.45) is 4.35. The van der Waals surface area contributed by atoms with Gasteiger partial charge in [-0.25, -0.2) is 8.42 Å². The van der Waals surface area contributed by atoms with Gasteiger partial charge in [-0.1, -0.05) is 86.0 Å². The van der Waals surface area contributed by atoms with Gasteiger partial charge in [-0.15, -0.1) is 0 Å². The number of hydrogen-bond acceptors (Lipinski definition) is 5. The van der Waals surface area contributed by atoms with Crippen molar-refractivity contribution >= 4 is 27.5 Å². The van der Waals surface area contributed by atoms with Crippen LogP contribution >= 0.6 is 0 Å². The summed E-state index contributed by atoms with van der Waals surface area (Å²) in [5.41, 5.74) is 2.19. The second-order valence-corrected chi connectivity index (χ2v) is 13.5. The number of hydrogen-bond donors (Lipinski definition) is 1. The molecule has 1 N–H and O–H groups in total. The van der Waals surface area contributed by atoms with Crippen LogP contribution in [0.3, 0.4) is 0 Å². The quantitative estimate of drug-likeness (QED) is 0.173. The molecule has 1 fully saturated rings. The minimum absolute atomic E-state index is 0.0589. The van der Waals surface area contributed by atoms with Crippen molar-refractivity contribution in [1.82, 2.24) is 10.2 Å². The maximum atomic E-state index is 14.4. The first-order valence-electron chi connectivity index (χ1n) is 15.8. The average molecular weight is 640 g/mol. The largest absolute Gasteiger partial charge is 0.457 e. The number of benzene rings is 4. The van der Waals surface area contributed by atoms with Crippen LogP contribution in [0.2, 0.25) is 0 Å². The van der Waals surface area contributed by atoms with E-state index in [1.807, 2.05) is 68.4 Å². The molecule has 9 heteroatoms. The highest BCUT2D eigenvalue weighted by Crippen LogP contribution is 2.29. The number of aryl methyl sites for hydroxylation is 1. The van der Waals surface area contributed by atoms with Gasteiger partial charge in [0.1, 0.15) is 24.1 Å². The number of ether oxygens (including phenoxy) is 1. The van der Waals surface area contributed by atoms with Gasteiger partial charge >= 0.3 is 0 Å². The Morgan fingerprint density at radius 3 is 2.11 bits per heavy atom. The summed E-state index contributed by atoms with van der Waals surface area (Å²) in [6.45, 7) is 3.52. The SMILES string of the molecule is CC[C@H](C(=O)NC1CCCC1)N(Cc1cccc(C)c1)C(=O)CN(c1ccc(Oc2ccccc2)cc1)S(=O)(=O)c1ccccc1. The summed E-state index contributed by atoms with van der Waals surface area (Å²) >= 11 is 0. The zero-order chi connectivity index (χ0) is 32.5. The van der Waals surface area contributed by atoms with E-state index in [4.69, 9.17) is 4.74 Å². The summed E-state index contributed by atoms with van der Waals surface area (Å²) in [5.74, 6) is 0.482. The van der Waals surface area contributed by atoms with E-state index < -0.39 is 28.5 Å². The zero-order valence-electron chi connectivity index (χ0n) is 26.3. The first-order valence-corrected chi connectivity index (χ1v) is 17.2. The van der Waals surface area contributed by atoms with Crippen molar-refractivity contribution in [3.05, 3.63) is 120 Å². The van der Waals surface area contributed by atoms with Crippen molar-refractivity contribution in [3.8, 4) is 11.5 Å². The molecule has 0 aliphatic heterocycles. The van der Waals surface area contributed by atoms with Gasteiger partial charge in [0.25, 0.3) is 10.0 Å². The van der Waals surface area contributed by atoms with Crippen LogP contribution in [0.25, 0.3) is 0 Å². The molecule has 5 rings (SSSR count). The molecule has 0 saturated heterocycles. The van der Waals surface area contributed by atoms with Crippen LogP contribution in [0, 0.1) is 6.92 Å². The third-order valence-corrected chi connectivity index (χ3v) is 10.0. The standard InChI is InChI=1S/C37H41N3O5S/c1-3-35(37(42)38-30-15-10-11-16-30)39(26-29-14-12-13-28(2)25-29)36(41)27-40(46(43,44)34-19-8-5-9-20-34)31-21-23-33(24-22-31)45-32-17-6-4-7-18-32/h4-9,12-14,17-25,30,35H,3,10-11,15-16,26-27H2,1-2H3,(H,38,42)/t35-/m1/s1. The van der Waals surface area contributed by atoms with Gasteiger partial charge in [-0.3, -0.25) is 13.9 Å². The van der Waals surface area contributed by atoms with Crippen LogP contribution < -0.4 is 14.4 Å². The second kappa shape index (κ2) is 15.1. The lowest BCUT2D eigenvalue weighted by Crippen LogP contribution is -2.53. The fourth-order valence-electron chi connectivity index (χ4n) is 5.85. The minimum Gasteiger partial charge on any atom is -0.457 e. The van der Waals surface area contributed by atoms with Gasteiger partial charge in [-0.2, -0.15) is 0 Å². The van der Waals surface area contributed by atoms with Gasteiger partial charge in [0.15, 0.2) is 0 Å². The summed E-state index contributed by atoms with van der Waals surface area (Å²) in [6, 6.07) is 31.0. The Labute approximate surface area is 272 Å². The number of anilines is 1. The molecule has 0 spiro atoms. The van der Waals surface area contributed by atoms with E-state index in [2.05, 4.69) is 5.32 Å². The molecule has 8 nitrogen and oxygen atoms in total. The van der Waals surface area contributed by atoms with E-state index in [1.54, 1.807) is 42.5 Å². The molecule has 0 bridgehead atoms. The molecule has 2 amide bonds. The highest BCUT2D eigenvalue weighted by Gasteiger charge is 2.34. The van der Waals surface area contributed by atoms with Crippen LogP contribution in [-0.2, 0) is 26.2 Å². The van der Waals surface area contributed by atoms with Gasteiger partial charge in [0.05, 0.1) is 10.6 Å². The van der Waals surface area contributed by atoms with E-state index in [9.17, 15) is 18.0 Å². The lowest BCUT2D eigenvalue weighted by molar-refractivity contribution is -0.140. The normalized spacial score (nSPS) is 14.0. The van der Waals surface area contributed by atoms with Crippen molar-refractivity contribution in [2.75, 3.05) is 10.8 Å². The van der Waals surface area contributed by atoms with E-state index >= 15 is 0 Å². The van der Waals surface area contributed by atoms with Gasteiger partial charge in [-0.05, 0) is 80.3 Å². The van der Waals surface area contributed by atoms with Crippen LogP contribution in [0.1, 0.15) is 50.2 Å². The Kier molecular flexibility index (Phi) is 10.8. The third kappa shape index (κ3) is 8.14. The average Bonchev–Trinajstić information content (AvgIpc) is 3.58. The molecule has 4 aromatic rings. The molecule has 0 radical (unpaired) electrons. The molecule has 240 valence electrons. The number of amides is 2. The second-order valence-electron chi connectivity index (χ2n) is 11.7. The van der Waals surface area contributed by atoms with E-state index in [-0.39, 0.29) is 23.4 Å². The first-order chi connectivity index (χ1) is 22.2. The number of sulfonamides is 1. The maximum Gasteiger partial charge on any atom is 0.264 e. The molecule has 0 unspecified atom stereocenters. The van der Waals surface area contributed by atoms with Crippen molar-refractivity contribution in [3.63, 3.8) is 0 Å². The molecular weight excluding hydrogens is 598 g/mol. The molecule has 4 aromatic carbocycles. The highest BCUT2D eigenvalue weighted by molar-refractivity contribution is 7.92. The van der Waals surface area contributed by atoms with Crippen LogP contribution in [0.5, 0.6) is 11.5 Å². The van der Waals surface area contributed by atoms with Crippen LogP contribution in [0.4, 0.5) is 5.69 Å². The van der Waals surface area contributed by atoms with Crippen LogP contribution in [0.15, 0.2) is 114 Å². The van der Waals surface area contributed by atoms with Gasteiger partial charge in [0.2, 0.25) is 11.8 Å². The molecule has 1 saturated carbocycles. The number of nitrogens with zero attached hydrogens (tertiary/aromatic N) is 2. The Balaban J connectivity index is 1.48. The summed E-state index contributed by atoms with van der Waals surface area (Å²) < 4.78 is 35.3. The smallest absolute Gasteiger partial charge is 0.264 e. The third-order valence-electron chi connectivity index (χ3n) is 8.24. The van der Waals surface area contributed by atoms with Crippen molar-refractivity contribution in [1.29, 1.82) is 0 Å². The zero-order valence-corrected chi connectivity index (χ0v) is 27.2. The predicted molar refractivity (Wildman–Crippen MR) is 180 cm³/mol. The predicted octanol–water partition coefficient (Wildman–Crippen LogP) is 6.85. The van der Waals surface area contributed by atoms with Gasteiger partial charge in [0, 0.05) is 12.6 Å². The Morgan fingerprint density at radius 2 is 1.48 bits per heavy atom. The highest BCUT2D eigenvalue weighted by atomic mass is 32.2. The topological polar surface area (TPSA) is 96.0 Å². The lowest BCUT2D eigenvalue weighted by atomic mass is 10.1. The maximum absolute atomic E-state index is 14.4. The molecule has 0 aromatic heterocycles. The summed E-state index contributed by atoms with van der Waals surface area (Å²) in [5, 5.41) is 3.15. The molecular formula is C37H41N3O5S. The summed E-state index contributed by atoms with van der Waals surface area (Å²) in [4.78, 5) is 29.6.